The average molecular weight is 355 g/mol. The minimum absolute atomic E-state index is 0.118. The summed E-state index contributed by atoms with van der Waals surface area (Å²) in [6.07, 6.45) is 0. The van der Waals surface area contributed by atoms with Crippen molar-refractivity contribution in [3.8, 4) is 5.75 Å². The zero-order valence-corrected chi connectivity index (χ0v) is 15.5. The number of methoxy groups -OCH3 is 1. The Morgan fingerprint density at radius 2 is 1.91 bits per heavy atom. The van der Waals surface area contributed by atoms with Gasteiger partial charge < -0.3 is 9.64 Å². The van der Waals surface area contributed by atoms with Gasteiger partial charge in [0.15, 0.2) is 5.13 Å². The topological polar surface area (TPSA) is 71.5 Å². The van der Waals surface area contributed by atoms with Crippen LogP contribution in [0.2, 0.25) is 0 Å². The van der Waals surface area contributed by atoms with Gasteiger partial charge >= 0.3 is 0 Å². The van der Waals surface area contributed by atoms with Gasteiger partial charge in [-0.15, -0.1) is 11.3 Å². The number of rotatable bonds is 6. The fourth-order valence-corrected chi connectivity index (χ4v) is 4.24. The Kier molecular flexibility index (Phi) is 5.28. The molecule has 0 amide bonds. The van der Waals surface area contributed by atoms with Crippen LogP contribution < -0.4 is 9.46 Å². The first-order valence-electron chi connectivity index (χ1n) is 7.00. The fraction of sp³-hybridized carbons (Fsp3) is 0.400. The highest BCUT2D eigenvalue weighted by Crippen LogP contribution is 2.29. The first kappa shape index (κ1) is 17.7. The van der Waals surface area contributed by atoms with E-state index in [4.69, 9.17) is 4.74 Å². The van der Waals surface area contributed by atoms with Crippen LogP contribution in [0.3, 0.4) is 0 Å². The molecule has 23 heavy (non-hydrogen) atoms. The lowest BCUT2D eigenvalue weighted by Crippen LogP contribution is -2.15. The van der Waals surface area contributed by atoms with Crippen molar-refractivity contribution in [3.05, 3.63) is 34.3 Å². The first-order valence-corrected chi connectivity index (χ1v) is 9.36. The van der Waals surface area contributed by atoms with E-state index >= 15 is 0 Å². The van der Waals surface area contributed by atoms with Crippen molar-refractivity contribution in [2.24, 2.45) is 0 Å². The molecule has 0 aliphatic heterocycles. The summed E-state index contributed by atoms with van der Waals surface area (Å²) in [5, 5.41) is 2.19. The van der Waals surface area contributed by atoms with Gasteiger partial charge in [0.1, 0.15) is 10.6 Å². The van der Waals surface area contributed by atoms with Gasteiger partial charge in [-0.2, -0.15) is 0 Å². The Morgan fingerprint density at radius 1 is 1.26 bits per heavy atom. The molecule has 6 nitrogen and oxygen atoms in total. The Labute approximate surface area is 141 Å². The van der Waals surface area contributed by atoms with Crippen LogP contribution in [0.1, 0.15) is 16.8 Å². The van der Waals surface area contributed by atoms with E-state index in [1.807, 2.05) is 38.2 Å². The van der Waals surface area contributed by atoms with Crippen molar-refractivity contribution in [1.82, 2.24) is 9.88 Å². The number of aromatic nitrogens is 1. The van der Waals surface area contributed by atoms with Gasteiger partial charge in [-0.25, -0.2) is 13.4 Å². The lowest BCUT2D eigenvalue weighted by atomic mass is 10.1. The summed E-state index contributed by atoms with van der Waals surface area (Å²) >= 11 is 1.27. The van der Waals surface area contributed by atoms with Gasteiger partial charge in [0.05, 0.1) is 12.8 Å². The maximum absolute atomic E-state index is 12.6. The molecule has 2 aromatic rings. The summed E-state index contributed by atoms with van der Waals surface area (Å²) in [7, 11) is 1.58. The molecule has 1 N–H and O–H groups in total. The summed E-state index contributed by atoms with van der Waals surface area (Å²) in [6.45, 7) is 4.44. The third kappa shape index (κ3) is 4.21. The third-order valence-corrected chi connectivity index (χ3v) is 5.62. The van der Waals surface area contributed by atoms with Crippen LogP contribution in [0, 0.1) is 13.8 Å². The van der Waals surface area contributed by atoms with Gasteiger partial charge in [-0.1, -0.05) is 0 Å². The van der Waals surface area contributed by atoms with Crippen molar-refractivity contribution in [3.63, 3.8) is 0 Å². The van der Waals surface area contributed by atoms with Gasteiger partial charge in [-0.3, -0.25) is 4.72 Å². The molecule has 1 heterocycles. The lowest BCUT2D eigenvalue weighted by Gasteiger charge is -2.12. The fourth-order valence-electron chi connectivity index (χ4n) is 2.05. The summed E-state index contributed by atoms with van der Waals surface area (Å²) in [4.78, 5) is 6.39. The van der Waals surface area contributed by atoms with Crippen LogP contribution in [0.5, 0.6) is 5.75 Å². The molecular weight excluding hydrogens is 334 g/mol. The second-order valence-electron chi connectivity index (χ2n) is 5.57. The number of nitrogens with one attached hydrogen (secondary N) is 1. The second-order valence-corrected chi connectivity index (χ2v) is 8.08. The zero-order chi connectivity index (χ0) is 17.2. The number of sulfonamides is 1. The number of anilines is 1. The molecule has 0 fully saturated rings. The maximum atomic E-state index is 12.6. The molecule has 0 bridgehead atoms. The maximum Gasteiger partial charge on any atom is 0.267 e. The third-order valence-electron chi connectivity index (χ3n) is 3.32. The highest BCUT2D eigenvalue weighted by molar-refractivity contribution is 7.93. The van der Waals surface area contributed by atoms with Crippen molar-refractivity contribution < 1.29 is 13.2 Å². The van der Waals surface area contributed by atoms with Crippen LogP contribution in [-0.4, -0.2) is 39.5 Å². The molecule has 8 heteroatoms. The monoisotopic (exact) mass is 355 g/mol. The van der Waals surface area contributed by atoms with E-state index in [9.17, 15) is 8.42 Å². The van der Waals surface area contributed by atoms with Gasteiger partial charge in [0.25, 0.3) is 10.0 Å². The van der Waals surface area contributed by atoms with E-state index in [0.717, 1.165) is 16.8 Å². The Morgan fingerprint density at radius 3 is 2.52 bits per heavy atom. The van der Waals surface area contributed by atoms with Crippen LogP contribution >= 0.6 is 11.3 Å². The zero-order valence-electron chi connectivity index (χ0n) is 13.9. The van der Waals surface area contributed by atoms with E-state index in [1.165, 1.54) is 18.4 Å². The summed E-state index contributed by atoms with van der Waals surface area (Å²) in [6, 6.07) is 3.34. The molecule has 0 saturated carbocycles. The van der Waals surface area contributed by atoms with Crippen LogP contribution in [-0.2, 0) is 16.6 Å². The van der Waals surface area contributed by atoms with Crippen molar-refractivity contribution in [2.75, 3.05) is 25.9 Å². The number of aryl methyl sites for hydroxylation is 2. The van der Waals surface area contributed by atoms with Crippen LogP contribution in [0.15, 0.2) is 22.4 Å². The Balaban J connectivity index is 2.32. The van der Waals surface area contributed by atoms with Gasteiger partial charge in [0.2, 0.25) is 0 Å². The average Bonchev–Trinajstić information content (AvgIpc) is 2.86. The molecule has 1 aromatic carbocycles. The molecule has 0 aliphatic carbocycles. The molecule has 0 spiro atoms. The number of hydrogen-bond donors (Lipinski definition) is 1. The van der Waals surface area contributed by atoms with E-state index in [1.54, 1.807) is 12.1 Å². The first-order chi connectivity index (χ1) is 10.7. The summed E-state index contributed by atoms with van der Waals surface area (Å²) in [5.74, 6) is 0.325. The van der Waals surface area contributed by atoms with Crippen molar-refractivity contribution >= 4 is 26.5 Å². The lowest BCUT2D eigenvalue weighted by molar-refractivity contribution is 0.398. The van der Waals surface area contributed by atoms with E-state index in [-0.39, 0.29) is 4.90 Å². The number of benzene rings is 1. The van der Waals surface area contributed by atoms with E-state index in [2.05, 4.69) is 9.71 Å². The number of nitrogens with zero attached hydrogens (tertiary/aromatic N) is 2. The summed E-state index contributed by atoms with van der Waals surface area (Å²) in [5.41, 5.74) is 2.69. The molecule has 0 radical (unpaired) electrons. The Hall–Kier alpha value is -1.64. The van der Waals surface area contributed by atoms with Crippen molar-refractivity contribution in [1.29, 1.82) is 0 Å². The largest absolute Gasteiger partial charge is 0.495 e. The molecule has 1 aromatic heterocycles. The minimum atomic E-state index is -3.75. The predicted molar refractivity (Wildman–Crippen MR) is 92.8 cm³/mol. The molecule has 0 saturated heterocycles. The molecule has 0 unspecified atom stereocenters. The second kappa shape index (κ2) is 6.86. The molecule has 0 atom stereocenters. The minimum Gasteiger partial charge on any atom is -0.495 e. The van der Waals surface area contributed by atoms with Crippen LogP contribution in [0.4, 0.5) is 5.13 Å². The number of thiazole rings is 1. The highest BCUT2D eigenvalue weighted by atomic mass is 32.2. The van der Waals surface area contributed by atoms with E-state index in [0.29, 0.717) is 17.4 Å². The smallest absolute Gasteiger partial charge is 0.267 e. The molecular formula is C15H21N3O3S2. The number of hydrogen-bond acceptors (Lipinski definition) is 6. The molecule has 126 valence electrons. The summed E-state index contributed by atoms with van der Waals surface area (Å²) < 4.78 is 33.0. The van der Waals surface area contributed by atoms with Gasteiger partial charge in [0, 0.05) is 11.9 Å². The normalized spacial score (nSPS) is 11.7. The number of ether oxygens (including phenoxy) is 1. The molecule has 0 aliphatic rings. The quantitative estimate of drug-likeness (QED) is 0.862. The van der Waals surface area contributed by atoms with E-state index < -0.39 is 10.0 Å². The van der Waals surface area contributed by atoms with Crippen LogP contribution in [0.25, 0.3) is 0 Å². The molecule has 2 rings (SSSR count). The highest BCUT2D eigenvalue weighted by Gasteiger charge is 2.22. The Bertz CT molecular complexity index is 798. The predicted octanol–water partition coefficient (Wildman–Crippen LogP) is 2.63. The standard InChI is InChI=1S/C15H21N3O3S2/c1-10-6-13(21-5)14(7-11(10)2)23(19,20)17-15-16-12(9-22-15)8-18(3)4/h6-7,9H,8H2,1-5H3,(H,16,17). The SMILES string of the molecule is COc1cc(C)c(C)cc1S(=O)(=O)Nc1nc(CN(C)C)cs1. The van der Waals surface area contributed by atoms with Crippen molar-refractivity contribution in [2.45, 2.75) is 25.3 Å². The van der Waals surface area contributed by atoms with Gasteiger partial charge in [-0.05, 0) is 51.2 Å².